The van der Waals surface area contributed by atoms with Gasteiger partial charge in [-0.25, -0.2) is 0 Å². The lowest BCUT2D eigenvalue weighted by molar-refractivity contribution is 0.0938. The van der Waals surface area contributed by atoms with Crippen LogP contribution in [0.15, 0.2) is 24.3 Å². The lowest BCUT2D eigenvalue weighted by atomic mass is 9.95. The number of benzene rings is 1. The molecule has 0 spiro atoms. The zero-order chi connectivity index (χ0) is 10.7. The number of aromatic hydroxyl groups is 1. The summed E-state index contributed by atoms with van der Waals surface area (Å²) in [5.41, 5.74) is 6.00. The highest BCUT2D eigenvalue weighted by Gasteiger charge is 2.20. The molecular formula is C11H15NO2. The quantitative estimate of drug-likeness (QED) is 0.716. The second-order valence-electron chi connectivity index (χ2n) is 3.65. The minimum atomic E-state index is -0.553. The van der Waals surface area contributed by atoms with Crippen molar-refractivity contribution in [3.63, 3.8) is 0 Å². The predicted octanol–water partition coefficient (Wildman–Crippen LogP) is 1.56. The molecule has 3 heteroatoms. The van der Waals surface area contributed by atoms with Crippen molar-refractivity contribution < 1.29 is 9.90 Å². The molecule has 1 aromatic rings. The number of carbonyl (C=O) groups is 1. The number of phenolic OH excluding ortho intramolecular Hbond substituents is 1. The van der Waals surface area contributed by atoms with Crippen LogP contribution in [-0.2, 0) is 0 Å². The smallest absolute Gasteiger partial charge is 0.183 e. The molecule has 1 atom stereocenters. The molecule has 1 aromatic carbocycles. The molecular weight excluding hydrogens is 178 g/mol. The molecule has 0 fully saturated rings. The second-order valence-corrected chi connectivity index (χ2v) is 3.65. The van der Waals surface area contributed by atoms with E-state index < -0.39 is 6.04 Å². The first-order valence-corrected chi connectivity index (χ1v) is 4.62. The monoisotopic (exact) mass is 193 g/mol. The molecule has 0 saturated carbocycles. The first-order valence-electron chi connectivity index (χ1n) is 4.62. The van der Waals surface area contributed by atoms with Gasteiger partial charge in [-0.15, -0.1) is 0 Å². The summed E-state index contributed by atoms with van der Waals surface area (Å²) in [6.45, 7) is 3.76. The highest BCUT2D eigenvalue weighted by molar-refractivity contribution is 6.02. The zero-order valence-electron chi connectivity index (χ0n) is 8.40. The van der Waals surface area contributed by atoms with Gasteiger partial charge >= 0.3 is 0 Å². The van der Waals surface area contributed by atoms with E-state index in [9.17, 15) is 9.90 Å². The van der Waals surface area contributed by atoms with Gasteiger partial charge in [-0.3, -0.25) is 4.79 Å². The number of para-hydroxylation sites is 1. The van der Waals surface area contributed by atoms with Gasteiger partial charge in [0.1, 0.15) is 5.75 Å². The molecule has 0 unspecified atom stereocenters. The summed E-state index contributed by atoms with van der Waals surface area (Å²) in [6, 6.07) is 5.90. The lowest BCUT2D eigenvalue weighted by Crippen LogP contribution is -2.35. The van der Waals surface area contributed by atoms with E-state index in [2.05, 4.69) is 0 Å². The summed E-state index contributed by atoms with van der Waals surface area (Å²) in [6.07, 6.45) is 0. The molecule has 14 heavy (non-hydrogen) atoms. The highest BCUT2D eigenvalue weighted by Crippen LogP contribution is 2.18. The van der Waals surface area contributed by atoms with Crippen molar-refractivity contribution in [1.29, 1.82) is 0 Å². The molecule has 0 radical (unpaired) electrons. The Hall–Kier alpha value is -1.35. The highest BCUT2D eigenvalue weighted by atomic mass is 16.3. The van der Waals surface area contributed by atoms with Gasteiger partial charge in [0.05, 0.1) is 11.6 Å². The Labute approximate surface area is 83.6 Å². The van der Waals surface area contributed by atoms with E-state index in [-0.39, 0.29) is 17.5 Å². The van der Waals surface area contributed by atoms with Crippen LogP contribution in [0.1, 0.15) is 24.2 Å². The molecule has 76 valence electrons. The van der Waals surface area contributed by atoms with Gasteiger partial charge in [-0.2, -0.15) is 0 Å². The van der Waals surface area contributed by atoms with Crippen molar-refractivity contribution in [2.45, 2.75) is 19.9 Å². The van der Waals surface area contributed by atoms with E-state index in [1.165, 1.54) is 6.07 Å². The molecule has 0 heterocycles. The number of carbonyl (C=O) groups excluding carboxylic acids is 1. The summed E-state index contributed by atoms with van der Waals surface area (Å²) in [5, 5.41) is 9.44. The van der Waals surface area contributed by atoms with Gasteiger partial charge < -0.3 is 10.8 Å². The van der Waals surface area contributed by atoms with E-state index in [4.69, 9.17) is 5.73 Å². The van der Waals surface area contributed by atoms with Crippen LogP contribution in [0.2, 0.25) is 0 Å². The largest absolute Gasteiger partial charge is 0.507 e. The Bertz CT molecular complexity index is 334. The fourth-order valence-electron chi connectivity index (χ4n) is 1.16. The molecule has 0 saturated heterocycles. The Morgan fingerprint density at radius 1 is 1.36 bits per heavy atom. The van der Waals surface area contributed by atoms with Crippen LogP contribution in [0.25, 0.3) is 0 Å². The topological polar surface area (TPSA) is 63.3 Å². The molecule has 0 amide bonds. The van der Waals surface area contributed by atoms with Crippen molar-refractivity contribution >= 4 is 5.78 Å². The molecule has 0 bridgehead atoms. The van der Waals surface area contributed by atoms with Gasteiger partial charge in [0.2, 0.25) is 0 Å². The zero-order valence-corrected chi connectivity index (χ0v) is 8.40. The van der Waals surface area contributed by atoms with Crippen LogP contribution in [0.4, 0.5) is 0 Å². The molecule has 1 rings (SSSR count). The minimum absolute atomic E-state index is 0.00593. The summed E-state index contributed by atoms with van der Waals surface area (Å²) in [5.74, 6) is -0.145. The van der Waals surface area contributed by atoms with Gasteiger partial charge in [0, 0.05) is 0 Å². The Morgan fingerprint density at radius 2 is 1.93 bits per heavy atom. The number of ketones is 1. The molecule has 0 aliphatic carbocycles. The molecule has 0 aromatic heterocycles. The maximum absolute atomic E-state index is 11.7. The molecule has 0 aliphatic heterocycles. The van der Waals surface area contributed by atoms with Crippen molar-refractivity contribution in [2.75, 3.05) is 0 Å². The normalized spacial score (nSPS) is 12.9. The van der Waals surface area contributed by atoms with Gasteiger partial charge in [-0.1, -0.05) is 26.0 Å². The third-order valence-electron chi connectivity index (χ3n) is 2.19. The Kier molecular flexibility index (Phi) is 3.25. The molecule has 0 aliphatic rings. The summed E-state index contributed by atoms with van der Waals surface area (Å²) < 4.78 is 0. The summed E-state index contributed by atoms with van der Waals surface area (Å²) in [4.78, 5) is 11.7. The van der Waals surface area contributed by atoms with Gasteiger partial charge in [0.15, 0.2) is 5.78 Å². The van der Waals surface area contributed by atoms with Gasteiger partial charge in [-0.05, 0) is 18.1 Å². The minimum Gasteiger partial charge on any atom is -0.507 e. The van der Waals surface area contributed by atoms with Crippen LogP contribution in [0, 0.1) is 5.92 Å². The molecule has 3 nitrogen and oxygen atoms in total. The second kappa shape index (κ2) is 4.24. The Balaban J connectivity index is 2.95. The first-order chi connectivity index (χ1) is 6.54. The number of nitrogens with two attached hydrogens (primary N) is 1. The average Bonchev–Trinajstić information content (AvgIpc) is 2.16. The van der Waals surface area contributed by atoms with E-state index in [0.717, 1.165) is 0 Å². The first kappa shape index (κ1) is 10.7. The number of hydrogen-bond acceptors (Lipinski definition) is 3. The maximum atomic E-state index is 11.7. The lowest BCUT2D eigenvalue weighted by Gasteiger charge is -2.14. The van der Waals surface area contributed by atoms with Crippen molar-refractivity contribution in [2.24, 2.45) is 11.7 Å². The van der Waals surface area contributed by atoms with Crippen LogP contribution < -0.4 is 5.73 Å². The number of phenols is 1. The fraction of sp³-hybridized carbons (Fsp3) is 0.364. The van der Waals surface area contributed by atoms with E-state index in [0.29, 0.717) is 5.56 Å². The SMILES string of the molecule is CC(C)[C@H](N)C(=O)c1ccccc1O. The third kappa shape index (κ3) is 2.12. The summed E-state index contributed by atoms with van der Waals surface area (Å²) in [7, 11) is 0. The van der Waals surface area contributed by atoms with Crippen molar-refractivity contribution in [1.82, 2.24) is 0 Å². The summed E-state index contributed by atoms with van der Waals surface area (Å²) >= 11 is 0. The molecule has 3 N–H and O–H groups in total. The van der Waals surface area contributed by atoms with Crippen molar-refractivity contribution in [3.8, 4) is 5.75 Å². The maximum Gasteiger partial charge on any atom is 0.183 e. The number of Topliss-reactive ketones (excluding diaryl/α,β-unsaturated/α-hetero) is 1. The van der Waals surface area contributed by atoms with Crippen molar-refractivity contribution in [3.05, 3.63) is 29.8 Å². The van der Waals surface area contributed by atoms with E-state index >= 15 is 0 Å². The van der Waals surface area contributed by atoms with Crippen LogP contribution >= 0.6 is 0 Å². The fourth-order valence-corrected chi connectivity index (χ4v) is 1.16. The van der Waals surface area contributed by atoms with Crippen LogP contribution in [0.5, 0.6) is 5.75 Å². The number of rotatable bonds is 3. The standard InChI is InChI=1S/C11H15NO2/c1-7(2)10(12)11(14)8-5-3-4-6-9(8)13/h3-7,10,13H,12H2,1-2H3/t10-/m0/s1. The Morgan fingerprint density at radius 3 is 2.43 bits per heavy atom. The van der Waals surface area contributed by atoms with Crippen LogP contribution in [-0.4, -0.2) is 16.9 Å². The third-order valence-corrected chi connectivity index (χ3v) is 2.19. The predicted molar refractivity (Wildman–Crippen MR) is 55.3 cm³/mol. The van der Waals surface area contributed by atoms with E-state index in [1.54, 1.807) is 18.2 Å². The van der Waals surface area contributed by atoms with E-state index in [1.807, 2.05) is 13.8 Å². The van der Waals surface area contributed by atoms with Gasteiger partial charge in [0.25, 0.3) is 0 Å². The van der Waals surface area contributed by atoms with Crippen LogP contribution in [0.3, 0.4) is 0 Å². The number of hydrogen-bond donors (Lipinski definition) is 2. The average molecular weight is 193 g/mol.